The van der Waals surface area contributed by atoms with E-state index in [0.717, 1.165) is 19.3 Å². The number of hydrogen-bond donors (Lipinski definition) is 1. The number of hydrogen-bond acceptors (Lipinski definition) is 2. The van der Waals surface area contributed by atoms with Crippen LogP contribution in [0.2, 0.25) is 0 Å². The fourth-order valence-electron chi connectivity index (χ4n) is 2.36. The van der Waals surface area contributed by atoms with Crippen LogP contribution in [0.25, 0.3) is 0 Å². The zero-order valence-corrected chi connectivity index (χ0v) is 10.6. The van der Waals surface area contributed by atoms with Crippen molar-refractivity contribution >= 4 is 11.9 Å². The summed E-state index contributed by atoms with van der Waals surface area (Å²) in [5.74, 6) is 0.929. The summed E-state index contributed by atoms with van der Waals surface area (Å²) in [6.07, 6.45) is 8.31. The standard InChI is InChI=1S/C15H15NO3/c1-2-8-16(10-14(17)18)15(19)13-7-6-11-4-3-5-12(11)9-13/h1,6-7,9H,3-5,8,10H2,(H,17,18). The number of carboxylic acid groups (broad SMARTS) is 1. The van der Waals surface area contributed by atoms with Gasteiger partial charge in [0, 0.05) is 5.56 Å². The van der Waals surface area contributed by atoms with Gasteiger partial charge in [-0.05, 0) is 42.5 Å². The van der Waals surface area contributed by atoms with E-state index in [4.69, 9.17) is 11.5 Å². The predicted molar refractivity (Wildman–Crippen MR) is 70.8 cm³/mol. The molecule has 0 saturated heterocycles. The maximum atomic E-state index is 12.2. The molecule has 1 N–H and O–H groups in total. The molecule has 2 rings (SSSR count). The highest BCUT2D eigenvalue weighted by Crippen LogP contribution is 2.23. The number of carbonyl (C=O) groups excluding carboxylic acids is 1. The highest BCUT2D eigenvalue weighted by atomic mass is 16.4. The second kappa shape index (κ2) is 5.57. The molecular formula is C15H15NO3. The molecule has 0 unspecified atom stereocenters. The van der Waals surface area contributed by atoms with Crippen LogP contribution in [0.4, 0.5) is 0 Å². The summed E-state index contributed by atoms with van der Waals surface area (Å²) in [5, 5.41) is 8.80. The Bertz CT molecular complexity index is 557. The Labute approximate surface area is 112 Å². The molecule has 1 aliphatic carbocycles. The average Bonchev–Trinajstić information content (AvgIpc) is 2.84. The largest absolute Gasteiger partial charge is 0.480 e. The van der Waals surface area contributed by atoms with Crippen LogP contribution in [0, 0.1) is 12.3 Å². The van der Waals surface area contributed by atoms with Gasteiger partial charge >= 0.3 is 5.97 Å². The number of aryl methyl sites for hydroxylation is 2. The molecule has 1 aromatic carbocycles. The number of carboxylic acids is 1. The Balaban J connectivity index is 2.21. The van der Waals surface area contributed by atoms with Crippen molar-refractivity contribution < 1.29 is 14.7 Å². The molecule has 0 atom stereocenters. The molecule has 0 radical (unpaired) electrons. The zero-order valence-electron chi connectivity index (χ0n) is 10.6. The second-order valence-electron chi connectivity index (χ2n) is 4.60. The third kappa shape index (κ3) is 2.94. The van der Waals surface area contributed by atoms with Crippen LogP contribution in [-0.2, 0) is 17.6 Å². The van der Waals surface area contributed by atoms with Crippen LogP contribution < -0.4 is 0 Å². The predicted octanol–water partition coefficient (Wildman–Crippen LogP) is 1.34. The Morgan fingerprint density at radius 2 is 2.05 bits per heavy atom. The molecule has 0 bridgehead atoms. The molecule has 0 spiro atoms. The number of fused-ring (bicyclic) bond motifs is 1. The number of rotatable bonds is 4. The molecule has 1 amide bonds. The fraction of sp³-hybridized carbons (Fsp3) is 0.333. The lowest BCUT2D eigenvalue weighted by atomic mass is 10.1. The number of benzene rings is 1. The number of nitrogens with zero attached hydrogens (tertiary/aromatic N) is 1. The summed E-state index contributed by atoms with van der Waals surface area (Å²) in [4.78, 5) is 24.1. The topological polar surface area (TPSA) is 57.6 Å². The monoisotopic (exact) mass is 257 g/mol. The molecule has 4 nitrogen and oxygen atoms in total. The van der Waals surface area contributed by atoms with Gasteiger partial charge in [0.1, 0.15) is 6.54 Å². The molecule has 98 valence electrons. The van der Waals surface area contributed by atoms with Crippen LogP contribution >= 0.6 is 0 Å². The molecule has 0 aromatic heterocycles. The van der Waals surface area contributed by atoms with Crippen LogP contribution in [0.15, 0.2) is 18.2 Å². The minimum Gasteiger partial charge on any atom is -0.480 e. The molecule has 0 aliphatic heterocycles. The van der Waals surface area contributed by atoms with Crippen molar-refractivity contribution in [3.05, 3.63) is 34.9 Å². The molecule has 19 heavy (non-hydrogen) atoms. The smallest absolute Gasteiger partial charge is 0.323 e. The normalized spacial score (nSPS) is 12.6. The first-order chi connectivity index (χ1) is 9.11. The van der Waals surface area contributed by atoms with E-state index in [2.05, 4.69) is 5.92 Å². The SMILES string of the molecule is C#CCN(CC(=O)O)C(=O)c1ccc2c(c1)CCC2. The van der Waals surface area contributed by atoms with Crippen molar-refractivity contribution in [1.29, 1.82) is 0 Å². The lowest BCUT2D eigenvalue weighted by molar-refractivity contribution is -0.137. The maximum Gasteiger partial charge on any atom is 0.323 e. The first-order valence-corrected chi connectivity index (χ1v) is 6.18. The second-order valence-corrected chi connectivity index (χ2v) is 4.60. The minimum atomic E-state index is -1.07. The molecule has 0 saturated carbocycles. The van der Waals surface area contributed by atoms with Crippen molar-refractivity contribution in [2.24, 2.45) is 0 Å². The average molecular weight is 257 g/mol. The summed E-state index contributed by atoms with van der Waals surface area (Å²) in [6, 6.07) is 5.55. The van der Waals surface area contributed by atoms with E-state index < -0.39 is 5.97 Å². The van der Waals surface area contributed by atoms with Gasteiger partial charge in [0.25, 0.3) is 5.91 Å². The number of amides is 1. The van der Waals surface area contributed by atoms with Gasteiger partial charge in [-0.15, -0.1) is 6.42 Å². The Morgan fingerprint density at radius 3 is 2.74 bits per heavy atom. The van der Waals surface area contributed by atoms with E-state index in [0.29, 0.717) is 5.56 Å². The van der Waals surface area contributed by atoms with Crippen LogP contribution in [0.3, 0.4) is 0 Å². The number of terminal acetylenes is 1. The molecule has 1 aromatic rings. The number of aliphatic carboxylic acids is 1. The fourth-order valence-corrected chi connectivity index (χ4v) is 2.36. The van der Waals surface area contributed by atoms with E-state index in [-0.39, 0.29) is 19.0 Å². The van der Waals surface area contributed by atoms with Crippen LogP contribution in [0.1, 0.15) is 27.9 Å². The summed E-state index contributed by atoms with van der Waals surface area (Å²) in [7, 11) is 0. The third-order valence-electron chi connectivity index (χ3n) is 3.24. The summed E-state index contributed by atoms with van der Waals surface area (Å²) in [5.41, 5.74) is 2.97. The molecule has 4 heteroatoms. The Morgan fingerprint density at radius 1 is 1.32 bits per heavy atom. The van der Waals surface area contributed by atoms with E-state index >= 15 is 0 Å². The molecule has 0 fully saturated rings. The molecular weight excluding hydrogens is 242 g/mol. The van der Waals surface area contributed by atoms with E-state index in [1.54, 1.807) is 6.07 Å². The third-order valence-corrected chi connectivity index (χ3v) is 3.24. The van der Waals surface area contributed by atoms with Crippen molar-refractivity contribution in [2.45, 2.75) is 19.3 Å². The van der Waals surface area contributed by atoms with E-state index in [1.807, 2.05) is 12.1 Å². The van der Waals surface area contributed by atoms with Gasteiger partial charge in [0.05, 0.1) is 6.54 Å². The van der Waals surface area contributed by atoms with Gasteiger partial charge in [0.15, 0.2) is 0 Å². The van der Waals surface area contributed by atoms with Crippen molar-refractivity contribution in [2.75, 3.05) is 13.1 Å². The first kappa shape index (κ1) is 13.2. The van der Waals surface area contributed by atoms with Gasteiger partial charge in [-0.25, -0.2) is 0 Å². The van der Waals surface area contributed by atoms with Gasteiger partial charge in [-0.2, -0.15) is 0 Å². The highest BCUT2D eigenvalue weighted by molar-refractivity contribution is 5.96. The van der Waals surface area contributed by atoms with E-state index in [9.17, 15) is 9.59 Å². The summed E-state index contributed by atoms with van der Waals surface area (Å²) < 4.78 is 0. The zero-order chi connectivity index (χ0) is 13.8. The minimum absolute atomic E-state index is 0.00220. The van der Waals surface area contributed by atoms with Gasteiger partial charge in [-0.3, -0.25) is 9.59 Å². The summed E-state index contributed by atoms with van der Waals surface area (Å²) >= 11 is 0. The van der Waals surface area contributed by atoms with Gasteiger partial charge in [-0.1, -0.05) is 12.0 Å². The Kier molecular flexibility index (Phi) is 3.86. The quantitative estimate of drug-likeness (QED) is 0.828. The summed E-state index contributed by atoms with van der Waals surface area (Å²) in [6.45, 7) is -0.373. The molecule has 0 heterocycles. The first-order valence-electron chi connectivity index (χ1n) is 6.18. The lowest BCUT2D eigenvalue weighted by Gasteiger charge is -2.18. The van der Waals surface area contributed by atoms with Gasteiger partial charge < -0.3 is 10.0 Å². The molecule has 1 aliphatic rings. The number of carbonyl (C=O) groups is 2. The Hall–Kier alpha value is -2.28. The van der Waals surface area contributed by atoms with Crippen molar-refractivity contribution in [1.82, 2.24) is 4.90 Å². The van der Waals surface area contributed by atoms with Gasteiger partial charge in [0.2, 0.25) is 0 Å². The van der Waals surface area contributed by atoms with Crippen LogP contribution in [-0.4, -0.2) is 35.0 Å². The van der Waals surface area contributed by atoms with Crippen LogP contribution in [0.5, 0.6) is 0 Å². The van der Waals surface area contributed by atoms with Crippen molar-refractivity contribution in [3.8, 4) is 12.3 Å². The maximum absolute atomic E-state index is 12.2. The lowest BCUT2D eigenvalue weighted by Crippen LogP contribution is -2.36. The van der Waals surface area contributed by atoms with E-state index in [1.165, 1.54) is 16.0 Å². The highest BCUT2D eigenvalue weighted by Gasteiger charge is 2.19. The van der Waals surface area contributed by atoms with Crippen molar-refractivity contribution in [3.63, 3.8) is 0 Å².